The summed E-state index contributed by atoms with van der Waals surface area (Å²) in [4.78, 5) is 17.0. The lowest BCUT2D eigenvalue weighted by molar-refractivity contribution is 0.0531. The summed E-state index contributed by atoms with van der Waals surface area (Å²) in [5.74, 6) is 0.297. The molecule has 124 valence electrons. The number of ether oxygens (including phenoxy) is 2. The fourth-order valence-electron chi connectivity index (χ4n) is 1.97. The van der Waals surface area contributed by atoms with E-state index in [9.17, 15) is 4.79 Å². The van der Waals surface area contributed by atoms with Gasteiger partial charge in [-0.2, -0.15) is 0 Å². The summed E-state index contributed by atoms with van der Waals surface area (Å²) in [6.45, 7) is 6.52. The molecule has 2 rings (SSSR count). The normalized spacial score (nSPS) is 10.7. The van der Waals surface area contributed by atoms with Crippen molar-refractivity contribution < 1.29 is 14.3 Å². The van der Waals surface area contributed by atoms with Crippen LogP contribution in [0.4, 0.5) is 0 Å². The molecule has 0 radical (unpaired) electrons. The predicted octanol–water partition coefficient (Wildman–Crippen LogP) is 5.50. The maximum Gasteiger partial charge on any atom is 0.350 e. The molecule has 1 aromatic carbocycles. The maximum absolute atomic E-state index is 12.0. The van der Waals surface area contributed by atoms with Gasteiger partial charge in [-0.3, -0.25) is 0 Å². The van der Waals surface area contributed by atoms with Gasteiger partial charge in [-0.05, 0) is 48.3 Å². The molecule has 0 spiro atoms. The molecule has 0 amide bonds. The first kappa shape index (κ1) is 18.2. The number of benzene rings is 1. The Labute approximate surface area is 152 Å². The maximum atomic E-state index is 12.0. The van der Waals surface area contributed by atoms with E-state index in [4.69, 9.17) is 21.1 Å². The van der Waals surface area contributed by atoms with E-state index in [1.807, 2.05) is 6.92 Å². The zero-order valence-corrected chi connectivity index (χ0v) is 16.3. The van der Waals surface area contributed by atoms with Gasteiger partial charge in [-0.15, -0.1) is 11.3 Å². The van der Waals surface area contributed by atoms with Crippen molar-refractivity contribution in [3.63, 3.8) is 0 Å². The van der Waals surface area contributed by atoms with Gasteiger partial charge < -0.3 is 9.47 Å². The van der Waals surface area contributed by atoms with Crippen molar-refractivity contribution in [1.82, 2.24) is 4.98 Å². The van der Waals surface area contributed by atoms with Crippen LogP contribution in [0, 0.1) is 6.92 Å². The van der Waals surface area contributed by atoms with Gasteiger partial charge in [-0.25, -0.2) is 9.78 Å². The third kappa shape index (κ3) is 4.25. The first-order valence-corrected chi connectivity index (χ1v) is 9.23. The van der Waals surface area contributed by atoms with Crippen LogP contribution in [0.3, 0.4) is 0 Å². The van der Waals surface area contributed by atoms with E-state index in [1.165, 1.54) is 11.3 Å². The van der Waals surface area contributed by atoms with Crippen LogP contribution in [0.15, 0.2) is 16.6 Å². The Bertz CT molecular complexity index is 718. The molecular weight excluding hydrogens is 402 g/mol. The highest BCUT2D eigenvalue weighted by atomic mass is 79.9. The van der Waals surface area contributed by atoms with E-state index in [-0.39, 0.29) is 5.97 Å². The quantitative estimate of drug-likeness (QED) is 0.581. The highest BCUT2D eigenvalue weighted by molar-refractivity contribution is 9.10. The highest BCUT2D eigenvalue weighted by Crippen LogP contribution is 2.42. The lowest BCUT2D eigenvalue weighted by Gasteiger charge is -2.11. The van der Waals surface area contributed by atoms with Crippen molar-refractivity contribution >= 4 is 44.8 Å². The predicted molar refractivity (Wildman–Crippen MR) is 96.7 cm³/mol. The Morgan fingerprint density at radius 3 is 2.78 bits per heavy atom. The molecule has 2 aromatic rings. The summed E-state index contributed by atoms with van der Waals surface area (Å²) in [6.07, 6.45) is 0.883. The molecule has 0 saturated carbocycles. The van der Waals surface area contributed by atoms with Gasteiger partial charge in [0.25, 0.3) is 0 Å². The van der Waals surface area contributed by atoms with Gasteiger partial charge in [0.2, 0.25) is 0 Å². The first-order chi connectivity index (χ1) is 11.0. The number of halogens is 2. The van der Waals surface area contributed by atoms with E-state index in [1.54, 1.807) is 26.0 Å². The van der Waals surface area contributed by atoms with Crippen molar-refractivity contribution in [1.29, 1.82) is 0 Å². The monoisotopic (exact) mass is 417 g/mol. The van der Waals surface area contributed by atoms with Crippen LogP contribution in [0.1, 0.15) is 35.6 Å². The number of esters is 1. The van der Waals surface area contributed by atoms with Crippen LogP contribution in [-0.4, -0.2) is 24.2 Å². The van der Waals surface area contributed by atoms with E-state index < -0.39 is 0 Å². The van der Waals surface area contributed by atoms with Crippen LogP contribution in [0.25, 0.3) is 10.6 Å². The molecule has 0 saturated heterocycles. The first-order valence-electron chi connectivity index (χ1n) is 7.24. The number of nitrogens with zero attached hydrogens (tertiary/aromatic N) is 1. The number of carbonyl (C=O) groups is 1. The second kappa shape index (κ2) is 8.13. The Kier molecular flexibility index (Phi) is 6.44. The molecule has 1 aromatic heterocycles. The molecule has 0 aliphatic heterocycles. The zero-order valence-electron chi connectivity index (χ0n) is 13.1. The molecule has 0 bridgehead atoms. The van der Waals surface area contributed by atoms with Gasteiger partial charge in [0.05, 0.1) is 24.5 Å². The van der Waals surface area contributed by atoms with Crippen molar-refractivity contribution in [2.24, 2.45) is 0 Å². The van der Waals surface area contributed by atoms with E-state index in [0.717, 1.165) is 16.5 Å². The Morgan fingerprint density at radius 2 is 2.13 bits per heavy atom. The largest absolute Gasteiger partial charge is 0.493 e. The van der Waals surface area contributed by atoms with Gasteiger partial charge >= 0.3 is 5.97 Å². The standard InChI is InChI=1S/C16H17BrClNO3S/c1-4-6-22-12-8-10(18)7-11(17)13(12)15-19-9(3)14(23-15)16(20)21-5-2/h7-8H,4-6H2,1-3H3. The number of aromatic nitrogens is 1. The molecular formula is C16H17BrClNO3S. The lowest BCUT2D eigenvalue weighted by Crippen LogP contribution is -2.03. The average Bonchev–Trinajstić information content (AvgIpc) is 2.86. The van der Waals surface area contributed by atoms with E-state index >= 15 is 0 Å². The SMILES string of the molecule is CCCOc1cc(Cl)cc(Br)c1-c1nc(C)c(C(=O)OCC)s1. The fraction of sp³-hybridized carbons (Fsp3) is 0.375. The molecule has 0 unspecified atom stereocenters. The number of rotatable bonds is 6. The number of thiazole rings is 1. The highest BCUT2D eigenvalue weighted by Gasteiger charge is 2.21. The minimum absolute atomic E-state index is 0.334. The lowest BCUT2D eigenvalue weighted by atomic mass is 10.2. The molecule has 0 aliphatic carbocycles. The topological polar surface area (TPSA) is 48.4 Å². The van der Waals surface area contributed by atoms with E-state index in [2.05, 4.69) is 20.9 Å². The molecule has 7 heteroatoms. The summed E-state index contributed by atoms with van der Waals surface area (Å²) < 4.78 is 11.6. The summed E-state index contributed by atoms with van der Waals surface area (Å²) in [7, 11) is 0. The minimum atomic E-state index is -0.352. The summed E-state index contributed by atoms with van der Waals surface area (Å²) >= 11 is 10.9. The molecule has 0 fully saturated rings. The number of hydrogen-bond donors (Lipinski definition) is 0. The summed E-state index contributed by atoms with van der Waals surface area (Å²) in [5.41, 5.74) is 1.44. The van der Waals surface area contributed by atoms with Crippen molar-refractivity contribution in [2.45, 2.75) is 27.2 Å². The third-order valence-electron chi connectivity index (χ3n) is 2.95. The Balaban J connectivity index is 2.49. The van der Waals surface area contributed by atoms with Crippen molar-refractivity contribution in [2.75, 3.05) is 13.2 Å². The molecule has 23 heavy (non-hydrogen) atoms. The fourth-order valence-corrected chi connectivity index (χ4v) is 4.10. The third-order valence-corrected chi connectivity index (χ3v) is 4.95. The summed E-state index contributed by atoms with van der Waals surface area (Å²) in [5, 5.41) is 1.27. The second-order valence-electron chi connectivity index (χ2n) is 4.76. The van der Waals surface area contributed by atoms with Crippen molar-refractivity contribution in [3.05, 3.63) is 32.2 Å². The Morgan fingerprint density at radius 1 is 1.39 bits per heavy atom. The Hall–Kier alpha value is -1.11. The summed E-state index contributed by atoms with van der Waals surface area (Å²) in [6, 6.07) is 3.55. The van der Waals surface area contributed by atoms with Crippen molar-refractivity contribution in [3.8, 4) is 16.3 Å². The van der Waals surface area contributed by atoms with Crippen LogP contribution >= 0.6 is 38.9 Å². The van der Waals surface area contributed by atoms with Crippen LogP contribution < -0.4 is 4.74 Å². The van der Waals surface area contributed by atoms with Crippen LogP contribution in [-0.2, 0) is 4.74 Å². The van der Waals surface area contributed by atoms with Gasteiger partial charge in [0, 0.05) is 9.50 Å². The molecule has 1 heterocycles. The molecule has 0 N–H and O–H groups in total. The van der Waals surface area contributed by atoms with Gasteiger partial charge in [0.1, 0.15) is 15.6 Å². The smallest absolute Gasteiger partial charge is 0.350 e. The number of aryl methyl sites for hydroxylation is 1. The number of hydrogen-bond acceptors (Lipinski definition) is 5. The van der Waals surface area contributed by atoms with E-state index in [0.29, 0.717) is 39.6 Å². The van der Waals surface area contributed by atoms with Crippen LogP contribution in [0.5, 0.6) is 5.75 Å². The molecule has 4 nitrogen and oxygen atoms in total. The molecule has 0 atom stereocenters. The average molecular weight is 419 g/mol. The van der Waals surface area contributed by atoms with Gasteiger partial charge in [-0.1, -0.05) is 18.5 Å². The molecule has 0 aliphatic rings. The second-order valence-corrected chi connectivity index (χ2v) is 7.05. The zero-order chi connectivity index (χ0) is 17.0. The van der Waals surface area contributed by atoms with Gasteiger partial charge in [0.15, 0.2) is 0 Å². The minimum Gasteiger partial charge on any atom is -0.493 e. The number of carbonyl (C=O) groups excluding carboxylic acids is 1. The van der Waals surface area contributed by atoms with Crippen LogP contribution in [0.2, 0.25) is 5.02 Å².